The van der Waals surface area contributed by atoms with Gasteiger partial charge in [0.05, 0.1) is 0 Å². The third-order valence-corrected chi connectivity index (χ3v) is 4.15. The molecule has 0 saturated carbocycles. The summed E-state index contributed by atoms with van der Waals surface area (Å²) in [5, 5.41) is 2.00. The van der Waals surface area contributed by atoms with Crippen LogP contribution in [-0.4, -0.2) is 29.3 Å². The van der Waals surface area contributed by atoms with Crippen LogP contribution in [0.2, 0.25) is 5.02 Å². The molecular formula is C15H19ClN2O4S. The molecule has 23 heavy (non-hydrogen) atoms. The smallest absolute Gasteiger partial charge is 0.319 e. The largest absolute Gasteiger partial charge is 0.451 e. The topological polar surface area (TPSA) is 98.5 Å². The average molecular weight is 359 g/mol. The summed E-state index contributed by atoms with van der Waals surface area (Å²) >= 11 is 7.09. The molecule has 0 aliphatic heterocycles. The van der Waals surface area contributed by atoms with Gasteiger partial charge in [-0.2, -0.15) is 0 Å². The van der Waals surface area contributed by atoms with Crippen LogP contribution in [0.1, 0.15) is 20.8 Å². The maximum Gasteiger partial charge on any atom is 0.319 e. The van der Waals surface area contributed by atoms with E-state index in [4.69, 9.17) is 22.1 Å². The van der Waals surface area contributed by atoms with Gasteiger partial charge >= 0.3 is 12.0 Å². The number of imide groups is 1. The first-order chi connectivity index (χ1) is 10.7. The van der Waals surface area contributed by atoms with Crippen LogP contribution in [0.5, 0.6) is 0 Å². The van der Waals surface area contributed by atoms with Crippen molar-refractivity contribution in [2.24, 2.45) is 11.7 Å². The molecule has 3 N–H and O–H groups in total. The molecule has 6 nitrogen and oxygen atoms in total. The number of rotatable bonds is 6. The lowest BCUT2D eigenvalue weighted by atomic mass is 10.1. The first-order valence-corrected chi connectivity index (χ1v) is 8.19. The molecular weight excluding hydrogens is 340 g/mol. The van der Waals surface area contributed by atoms with Gasteiger partial charge in [0.2, 0.25) is 0 Å². The molecule has 0 bridgehead atoms. The Morgan fingerprint density at radius 3 is 2.22 bits per heavy atom. The van der Waals surface area contributed by atoms with Crippen LogP contribution in [0.4, 0.5) is 4.79 Å². The molecule has 0 fully saturated rings. The van der Waals surface area contributed by atoms with E-state index >= 15 is 0 Å². The van der Waals surface area contributed by atoms with Gasteiger partial charge in [-0.3, -0.25) is 14.9 Å². The summed E-state index contributed by atoms with van der Waals surface area (Å²) in [6.07, 6.45) is -1.08. The summed E-state index contributed by atoms with van der Waals surface area (Å²) < 4.78 is 5.23. The molecule has 1 rings (SSSR count). The number of carbonyl (C=O) groups excluding carboxylic acids is 3. The van der Waals surface area contributed by atoms with Crippen LogP contribution in [-0.2, 0) is 14.3 Å². The van der Waals surface area contributed by atoms with E-state index in [0.717, 1.165) is 4.90 Å². The minimum atomic E-state index is -1.08. The van der Waals surface area contributed by atoms with Gasteiger partial charge in [0.1, 0.15) is 5.25 Å². The molecule has 0 aliphatic carbocycles. The number of thioether (sulfide) groups is 1. The molecule has 0 heterocycles. The van der Waals surface area contributed by atoms with Crippen molar-refractivity contribution in [3.8, 4) is 0 Å². The lowest BCUT2D eigenvalue weighted by Gasteiger charge is -2.21. The number of benzene rings is 1. The number of hydrogen-bond acceptors (Lipinski definition) is 5. The number of nitrogens with one attached hydrogen (secondary N) is 1. The molecule has 126 valence electrons. The summed E-state index contributed by atoms with van der Waals surface area (Å²) in [4.78, 5) is 35.6. The predicted octanol–water partition coefficient (Wildman–Crippen LogP) is 2.58. The average Bonchev–Trinajstić information content (AvgIpc) is 2.45. The Hall–Kier alpha value is -1.73. The van der Waals surface area contributed by atoms with E-state index in [1.54, 1.807) is 45.0 Å². The third kappa shape index (κ3) is 6.50. The van der Waals surface area contributed by atoms with E-state index in [-0.39, 0.29) is 5.92 Å². The van der Waals surface area contributed by atoms with E-state index in [0.29, 0.717) is 5.02 Å². The second-order valence-corrected chi connectivity index (χ2v) is 7.02. The summed E-state index contributed by atoms with van der Waals surface area (Å²) in [7, 11) is 0. The maximum absolute atomic E-state index is 12.2. The van der Waals surface area contributed by atoms with Crippen LogP contribution in [0.25, 0.3) is 0 Å². The highest BCUT2D eigenvalue weighted by Crippen LogP contribution is 2.26. The number of urea groups is 1. The lowest BCUT2D eigenvalue weighted by molar-refractivity contribution is -0.157. The highest BCUT2D eigenvalue weighted by molar-refractivity contribution is 8.00. The quantitative estimate of drug-likeness (QED) is 0.601. The normalized spacial score (nSPS) is 13.3. The Morgan fingerprint density at radius 2 is 1.74 bits per heavy atom. The minimum absolute atomic E-state index is 0.300. The Labute approximate surface area is 144 Å². The minimum Gasteiger partial charge on any atom is -0.451 e. The highest BCUT2D eigenvalue weighted by atomic mass is 35.5. The molecule has 0 aliphatic rings. The molecule has 1 aromatic carbocycles. The second-order valence-electron chi connectivity index (χ2n) is 5.17. The SMILES string of the molecule is CC(C)[C@@H](OC(=O)[C@@H](C)Sc1ccc(Cl)cc1)C(=O)NC(N)=O. The Kier molecular flexibility index (Phi) is 7.38. The van der Waals surface area contributed by atoms with Gasteiger partial charge in [-0.05, 0) is 37.1 Å². The van der Waals surface area contributed by atoms with Gasteiger partial charge in [-0.25, -0.2) is 4.79 Å². The number of nitrogens with two attached hydrogens (primary N) is 1. The summed E-state index contributed by atoms with van der Waals surface area (Å²) in [5.74, 6) is -1.58. The van der Waals surface area contributed by atoms with Crippen molar-refractivity contribution >= 4 is 41.3 Å². The van der Waals surface area contributed by atoms with Crippen molar-refractivity contribution < 1.29 is 19.1 Å². The molecule has 3 amide bonds. The molecule has 8 heteroatoms. The van der Waals surface area contributed by atoms with Crippen molar-refractivity contribution in [3.63, 3.8) is 0 Å². The van der Waals surface area contributed by atoms with E-state index in [2.05, 4.69) is 0 Å². The monoisotopic (exact) mass is 358 g/mol. The zero-order chi connectivity index (χ0) is 17.6. The molecule has 1 aromatic rings. The van der Waals surface area contributed by atoms with Gasteiger partial charge < -0.3 is 10.5 Å². The van der Waals surface area contributed by atoms with Crippen LogP contribution >= 0.6 is 23.4 Å². The standard InChI is InChI=1S/C15H19ClN2O4S/c1-8(2)12(13(19)18-15(17)21)22-14(20)9(3)23-11-6-4-10(16)5-7-11/h4-9,12H,1-3H3,(H3,17,18,19,21)/t9-,12-/m1/s1. The van der Waals surface area contributed by atoms with Gasteiger partial charge in [-0.15, -0.1) is 11.8 Å². The van der Waals surface area contributed by atoms with Gasteiger partial charge in [0.15, 0.2) is 6.10 Å². The zero-order valence-electron chi connectivity index (χ0n) is 13.0. The van der Waals surface area contributed by atoms with E-state index in [1.165, 1.54) is 11.8 Å². The highest BCUT2D eigenvalue weighted by Gasteiger charge is 2.29. The molecule has 0 aromatic heterocycles. The number of esters is 1. The summed E-state index contributed by atoms with van der Waals surface area (Å²) in [6.45, 7) is 5.08. The Balaban J connectivity index is 2.68. The molecule has 0 unspecified atom stereocenters. The van der Waals surface area contributed by atoms with Gasteiger partial charge in [-0.1, -0.05) is 25.4 Å². The number of amides is 3. The number of carbonyl (C=O) groups is 3. The number of primary amides is 1. The fourth-order valence-corrected chi connectivity index (χ4v) is 2.65. The first-order valence-electron chi connectivity index (χ1n) is 6.93. The Bertz CT molecular complexity index is 577. The summed E-state index contributed by atoms with van der Waals surface area (Å²) in [6, 6.07) is 6.03. The maximum atomic E-state index is 12.2. The van der Waals surface area contributed by atoms with Gasteiger partial charge in [0.25, 0.3) is 5.91 Å². The van der Waals surface area contributed by atoms with Crippen molar-refractivity contribution in [2.75, 3.05) is 0 Å². The van der Waals surface area contributed by atoms with E-state index in [9.17, 15) is 14.4 Å². The van der Waals surface area contributed by atoms with Crippen LogP contribution < -0.4 is 11.1 Å². The van der Waals surface area contributed by atoms with E-state index < -0.39 is 29.3 Å². The molecule has 0 radical (unpaired) electrons. The van der Waals surface area contributed by atoms with Crippen molar-refractivity contribution in [1.29, 1.82) is 0 Å². The number of ether oxygens (including phenoxy) is 1. The molecule has 2 atom stereocenters. The van der Waals surface area contributed by atoms with Crippen LogP contribution in [0.15, 0.2) is 29.2 Å². The van der Waals surface area contributed by atoms with E-state index in [1.807, 2.05) is 5.32 Å². The predicted molar refractivity (Wildman–Crippen MR) is 89.2 cm³/mol. The van der Waals surface area contributed by atoms with Crippen LogP contribution in [0, 0.1) is 5.92 Å². The fraction of sp³-hybridized carbons (Fsp3) is 0.400. The zero-order valence-corrected chi connectivity index (χ0v) is 14.6. The lowest BCUT2D eigenvalue weighted by Crippen LogP contribution is -2.46. The van der Waals surface area contributed by atoms with Gasteiger partial charge in [0, 0.05) is 9.92 Å². The van der Waals surface area contributed by atoms with Crippen LogP contribution in [0.3, 0.4) is 0 Å². The number of hydrogen-bond donors (Lipinski definition) is 2. The third-order valence-electron chi connectivity index (χ3n) is 2.81. The molecule has 0 saturated heterocycles. The number of halogens is 1. The Morgan fingerprint density at radius 1 is 1.17 bits per heavy atom. The first kappa shape index (κ1) is 19.3. The molecule has 0 spiro atoms. The second kappa shape index (κ2) is 8.79. The van der Waals surface area contributed by atoms with Crippen molar-refractivity contribution in [1.82, 2.24) is 5.32 Å². The van der Waals surface area contributed by atoms with Crippen molar-refractivity contribution in [3.05, 3.63) is 29.3 Å². The summed E-state index contributed by atoms with van der Waals surface area (Å²) in [5.41, 5.74) is 4.91. The van der Waals surface area contributed by atoms with Crippen molar-refractivity contribution in [2.45, 2.75) is 37.0 Å². The fourth-order valence-electron chi connectivity index (χ4n) is 1.67.